The third kappa shape index (κ3) is 4.34. The van der Waals surface area contributed by atoms with Crippen molar-refractivity contribution >= 4 is 0 Å². The van der Waals surface area contributed by atoms with Gasteiger partial charge in [0.15, 0.2) is 0 Å². The highest BCUT2D eigenvalue weighted by Crippen LogP contribution is 2.29. The normalized spacial score (nSPS) is 19.2. The van der Waals surface area contributed by atoms with E-state index in [9.17, 15) is 5.11 Å². The molecule has 1 aliphatic rings. The molecule has 1 aromatic rings. The Labute approximate surface area is 115 Å². The fourth-order valence-corrected chi connectivity index (χ4v) is 2.61. The SMILES string of the molecule is COCCOCCCn1cc2c(c1)C(O)CCCC2. The van der Waals surface area contributed by atoms with E-state index in [2.05, 4.69) is 17.0 Å². The van der Waals surface area contributed by atoms with Crippen molar-refractivity contribution in [1.29, 1.82) is 0 Å². The van der Waals surface area contributed by atoms with Crippen LogP contribution >= 0.6 is 0 Å². The van der Waals surface area contributed by atoms with Crippen molar-refractivity contribution < 1.29 is 14.6 Å². The maximum absolute atomic E-state index is 10.1. The fraction of sp³-hybridized carbons (Fsp3) is 0.733. The van der Waals surface area contributed by atoms with Gasteiger partial charge in [0.05, 0.1) is 19.3 Å². The average molecular weight is 267 g/mol. The molecule has 0 bridgehead atoms. The Bertz CT molecular complexity index is 375. The Hall–Kier alpha value is -0.840. The van der Waals surface area contributed by atoms with Crippen LogP contribution in [0.5, 0.6) is 0 Å². The molecule has 4 nitrogen and oxygen atoms in total. The fourth-order valence-electron chi connectivity index (χ4n) is 2.61. The topological polar surface area (TPSA) is 43.6 Å². The molecular formula is C15H25NO3. The quantitative estimate of drug-likeness (QED) is 0.609. The molecule has 1 N–H and O–H groups in total. The second-order valence-corrected chi connectivity index (χ2v) is 5.20. The summed E-state index contributed by atoms with van der Waals surface area (Å²) in [6.07, 6.45) is 9.35. The summed E-state index contributed by atoms with van der Waals surface area (Å²) in [6.45, 7) is 3.03. The molecule has 0 saturated carbocycles. The first-order valence-corrected chi connectivity index (χ1v) is 7.24. The first-order valence-electron chi connectivity index (χ1n) is 7.24. The highest BCUT2D eigenvalue weighted by atomic mass is 16.5. The van der Waals surface area contributed by atoms with Crippen LogP contribution in [0.25, 0.3) is 0 Å². The van der Waals surface area contributed by atoms with Crippen LogP contribution in [-0.4, -0.2) is 36.6 Å². The van der Waals surface area contributed by atoms with Gasteiger partial charge in [-0.25, -0.2) is 0 Å². The van der Waals surface area contributed by atoms with Crippen LogP contribution < -0.4 is 0 Å². The van der Waals surface area contributed by atoms with Gasteiger partial charge in [-0.2, -0.15) is 0 Å². The number of aliphatic hydroxyl groups excluding tert-OH is 1. The predicted molar refractivity (Wildman–Crippen MR) is 74.3 cm³/mol. The average Bonchev–Trinajstić information content (AvgIpc) is 2.74. The minimum atomic E-state index is -0.267. The Balaban J connectivity index is 1.77. The van der Waals surface area contributed by atoms with Crippen LogP contribution in [0.15, 0.2) is 12.4 Å². The molecule has 2 rings (SSSR count). The molecule has 1 heterocycles. The molecule has 108 valence electrons. The molecule has 1 aromatic heterocycles. The minimum Gasteiger partial charge on any atom is -0.388 e. The largest absolute Gasteiger partial charge is 0.388 e. The number of ether oxygens (including phenoxy) is 2. The van der Waals surface area contributed by atoms with Gasteiger partial charge in [-0.05, 0) is 31.2 Å². The Morgan fingerprint density at radius 1 is 1.26 bits per heavy atom. The van der Waals surface area contributed by atoms with Crippen LogP contribution in [0.1, 0.15) is 42.9 Å². The first-order chi connectivity index (χ1) is 9.31. The lowest BCUT2D eigenvalue weighted by Gasteiger charge is -2.07. The number of hydrogen-bond donors (Lipinski definition) is 1. The highest BCUT2D eigenvalue weighted by molar-refractivity contribution is 5.27. The van der Waals surface area contributed by atoms with Crippen LogP contribution in [0.2, 0.25) is 0 Å². The lowest BCUT2D eigenvalue weighted by atomic mass is 10.1. The van der Waals surface area contributed by atoms with Crippen molar-refractivity contribution in [1.82, 2.24) is 4.57 Å². The van der Waals surface area contributed by atoms with Crippen LogP contribution in [0.4, 0.5) is 0 Å². The van der Waals surface area contributed by atoms with Crippen LogP contribution in [0.3, 0.4) is 0 Å². The summed E-state index contributed by atoms with van der Waals surface area (Å²) in [7, 11) is 1.68. The second kappa shape index (κ2) is 7.68. The molecular weight excluding hydrogens is 242 g/mol. The van der Waals surface area contributed by atoms with E-state index in [0.717, 1.165) is 44.4 Å². The van der Waals surface area contributed by atoms with E-state index in [1.165, 1.54) is 12.0 Å². The molecule has 0 radical (unpaired) electrons. The molecule has 0 amide bonds. The third-order valence-electron chi connectivity index (χ3n) is 3.67. The van der Waals surface area contributed by atoms with E-state index in [4.69, 9.17) is 9.47 Å². The number of methoxy groups -OCH3 is 1. The zero-order valence-corrected chi connectivity index (χ0v) is 11.8. The molecule has 1 atom stereocenters. The summed E-state index contributed by atoms with van der Waals surface area (Å²) in [4.78, 5) is 0. The monoisotopic (exact) mass is 267 g/mol. The zero-order chi connectivity index (χ0) is 13.5. The summed E-state index contributed by atoms with van der Waals surface area (Å²) in [5, 5.41) is 10.1. The highest BCUT2D eigenvalue weighted by Gasteiger charge is 2.18. The van der Waals surface area contributed by atoms with Gasteiger partial charge in [0.2, 0.25) is 0 Å². The Morgan fingerprint density at radius 3 is 3.00 bits per heavy atom. The summed E-state index contributed by atoms with van der Waals surface area (Å²) in [5.74, 6) is 0. The lowest BCUT2D eigenvalue weighted by molar-refractivity contribution is 0.0680. The van der Waals surface area contributed by atoms with Gasteiger partial charge in [0.1, 0.15) is 0 Å². The molecule has 1 unspecified atom stereocenters. The van der Waals surface area contributed by atoms with Gasteiger partial charge in [-0.3, -0.25) is 0 Å². The number of fused-ring (bicyclic) bond motifs is 1. The maximum atomic E-state index is 10.1. The molecule has 0 aromatic carbocycles. The van der Waals surface area contributed by atoms with Crippen molar-refractivity contribution in [2.24, 2.45) is 0 Å². The summed E-state index contributed by atoms with van der Waals surface area (Å²) < 4.78 is 12.6. The van der Waals surface area contributed by atoms with E-state index in [0.29, 0.717) is 13.2 Å². The van der Waals surface area contributed by atoms with Crippen molar-refractivity contribution in [2.75, 3.05) is 26.9 Å². The van der Waals surface area contributed by atoms with Gasteiger partial charge >= 0.3 is 0 Å². The van der Waals surface area contributed by atoms with Gasteiger partial charge in [-0.15, -0.1) is 0 Å². The smallest absolute Gasteiger partial charge is 0.0807 e. The van der Waals surface area contributed by atoms with Gasteiger partial charge < -0.3 is 19.1 Å². The van der Waals surface area contributed by atoms with Crippen molar-refractivity contribution in [3.63, 3.8) is 0 Å². The Morgan fingerprint density at radius 2 is 2.16 bits per heavy atom. The molecule has 4 heteroatoms. The van der Waals surface area contributed by atoms with E-state index in [-0.39, 0.29) is 6.10 Å². The number of rotatable bonds is 7. The second-order valence-electron chi connectivity index (χ2n) is 5.20. The minimum absolute atomic E-state index is 0.267. The van der Waals surface area contributed by atoms with Crippen molar-refractivity contribution in [3.05, 3.63) is 23.5 Å². The first kappa shape index (κ1) is 14.6. The number of nitrogens with zero attached hydrogens (tertiary/aromatic N) is 1. The van der Waals surface area contributed by atoms with Gasteiger partial charge in [-0.1, -0.05) is 6.42 Å². The molecule has 0 fully saturated rings. The number of hydrogen-bond acceptors (Lipinski definition) is 3. The number of aromatic nitrogens is 1. The standard InChI is InChI=1S/C15H25NO3/c1-18-9-10-19-8-4-7-16-11-13-5-2-3-6-15(17)14(13)12-16/h11-12,15,17H,2-10H2,1H3. The molecule has 0 spiro atoms. The molecule has 19 heavy (non-hydrogen) atoms. The number of aryl methyl sites for hydroxylation is 2. The molecule has 1 aliphatic carbocycles. The summed E-state index contributed by atoms with van der Waals surface area (Å²) in [6, 6.07) is 0. The maximum Gasteiger partial charge on any atom is 0.0807 e. The lowest BCUT2D eigenvalue weighted by Crippen LogP contribution is -2.05. The van der Waals surface area contributed by atoms with E-state index in [1.807, 2.05) is 0 Å². The van der Waals surface area contributed by atoms with Crippen LogP contribution in [0, 0.1) is 0 Å². The van der Waals surface area contributed by atoms with Crippen LogP contribution in [-0.2, 0) is 22.4 Å². The van der Waals surface area contributed by atoms with Crippen molar-refractivity contribution in [2.45, 2.75) is 44.8 Å². The van der Waals surface area contributed by atoms with E-state index >= 15 is 0 Å². The third-order valence-corrected chi connectivity index (χ3v) is 3.67. The zero-order valence-electron chi connectivity index (χ0n) is 11.8. The molecule has 0 saturated heterocycles. The number of aliphatic hydroxyl groups is 1. The summed E-state index contributed by atoms with van der Waals surface area (Å²) >= 11 is 0. The van der Waals surface area contributed by atoms with Gasteiger partial charge in [0, 0.05) is 38.2 Å². The predicted octanol–water partition coefficient (Wildman–Crippen LogP) is 2.30. The van der Waals surface area contributed by atoms with E-state index < -0.39 is 0 Å². The molecule has 0 aliphatic heterocycles. The van der Waals surface area contributed by atoms with Crippen molar-refractivity contribution in [3.8, 4) is 0 Å². The van der Waals surface area contributed by atoms with Gasteiger partial charge in [0.25, 0.3) is 0 Å². The Kier molecular flexibility index (Phi) is 5.89. The summed E-state index contributed by atoms with van der Waals surface area (Å²) in [5.41, 5.74) is 2.46. The van der Waals surface area contributed by atoms with E-state index in [1.54, 1.807) is 7.11 Å².